The fourth-order valence-electron chi connectivity index (χ4n) is 2.85. The van der Waals surface area contributed by atoms with Crippen molar-refractivity contribution in [3.8, 4) is 0 Å². The van der Waals surface area contributed by atoms with Crippen molar-refractivity contribution in [3.63, 3.8) is 0 Å². The molecule has 0 aliphatic rings. The standard InChI is InChI=1S/C18H40O3P2/c1-2-3-4-5-6-7-8-9-10-11-12-13-14-15-16-17-18-21-23(19,20)22/h2-18,22H2,1H3,(H,19,20). The van der Waals surface area contributed by atoms with Crippen molar-refractivity contribution in [2.24, 2.45) is 0 Å². The predicted molar refractivity (Wildman–Crippen MR) is 105 cm³/mol. The summed E-state index contributed by atoms with van der Waals surface area (Å²) < 4.78 is 15.7. The third-order valence-corrected chi connectivity index (χ3v) is 5.27. The van der Waals surface area contributed by atoms with Crippen LogP contribution in [0.25, 0.3) is 0 Å². The van der Waals surface area contributed by atoms with E-state index < -0.39 is 7.28 Å². The van der Waals surface area contributed by atoms with E-state index in [0.29, 0.717) is 6.61 Å². The van der Waals surface area contributed by atoms with E-state index >= 15 is 0 Å². The quantitative estimate of drug-likeness (QED) is 0.205. The third-order valence-electron chi connectivity index (χ3n) is 4.27. The molecule has 0 amide bonds. The Morgan fingerprint density at radius 1 is 0.696 bits per heavy atom. The molecular weight excluding hydrogens is 326 g/mol. The van der Waals surface area contributed by atoms with Gasteiger partial charge in [0.2, 0.25) is 0 Å². The summed E-state index contributed by atoms with van der Waals surface area (Å²) in [5.74, 6) is 0. The van der Waals surface area contributed by atoms with E-state index in [2.05, 4.69) is 6.92 Å². The summed E-state index contributed by atoms with van der Waals surface area (Å²) in [7, 11) is -1.48. The minimum absolute atomic E-state index is 0.399. The molecule has 1 N–H and O–H groups in total. The number of hydrogen-bond donors (Lipinski definition) is 1. The Hall–Kier alpha value is 0.580. The molecular formula is C18H40O3P2. The average Bonchev–Trinajstić information content (AvgIpc) is 2.49. The lowest BCUT2D eigenvalue weighted by Gasteiger charge is -2.06. The van der Waals surface area contributed by atoms with Crippen molar-refractivity contribution in [2.45, 2.75) is 110 Å². The SMILES string of the molecule is CCCCCCCCCCCCCCCCCCOP(=O)(O)P. The molecule has 0 aromatic heterocycles. The van der Waals surface area contributed by atoms with Gasteiger partial charge in [0.05, 0.1) is 6.61 Å². The molecule has 2 atom stereocenters. The molecule has 0 saturated heterocycles. The number of rotatable bonds is 18. The smallest absolute Gasteiger partial charge is 0.322 e. The molecule has 0 saturated carbocycles. The van der Waals surface area contributed by atoms with E-state index in [1.54, 1.807) is 0 Å². The Bertz CT molecular complexity index is 279. The van der Waals surface area contributed by atoms with Crippen LogP contribution in [0.1, 0.15) is 110 Å². The normalized spacial score (nSPS) is 14.0. The Morgan fingerprint density at radius 2 is 1.00 bits per heavy atom. The summed E-state index contributed by atoms with van der Waals surface area (Å²) in [5.41, 5.74) is 0. The van der Waals surface area contributed by atoms with Gasteiger partial charge in [-0.3, -0.25) is 4.57 Å². The van der Waals surface area contributed by atoms with E-state index in [9.17, 15) is 4.57 Å². The lowest BCUT2D eigenvalue weighted by molar-refractivity contribution is 0.267. The molecule has 0 aliphatic carbocycles. The predicted octanol–water partition coefficient (Wildman–Crippen LogP) is 7.24. The minimum atomic E-state index is -3.34. The van der Waals surface area contributed by atoms with Crippen LogP contribution in [0.15, 0.2) is 0 Å². The van der Waals surface area contributed by atoms with Gasteiger partial charge in [0.15, 0.2) is 0 Å². The van der Waals surface area contributed by atoms with Gasteiger partial charge in [0.1, 0.15) is 0 Å². The molecule has 0 aromatic carbocycles. The van der Waals surface area contributed by atoms with Crippen LogP contribution in [0.5, 0.6) is 0 Å². The van der Waals surface area contributed by atoms with Gasteiger partial charge in [-0.1, -0.05) is 103 Å². The second kappa shape index (κ2) is 17.4. The summed E-state index contributed by atoms with van der Waals surface area (Å²) in [6.07, 6.45) is 21.3. The maximum Gasteiger partial charge on any atom is 0.340 e. The maximum absolute atomic E-state index is 10.9. The summed E-state index contributed by atoms with van der Waals surface area (Å²) in [6.45, 7) is 2.67. The molecule has 0 fully saturated rings. The van der Waals surface area contributed by atoms with Crippen molar-refractivity contribution < 1.29 is 14.0 Å². The van der Waals surface area contributed by atoms with Crippen LogP contribution < -0.4 is 0 Å². The Kier molecular flexibility index (Phi) is 17.8. The van der Waals surface area contributed by atoms with E-state index in [-0.39, 0.29) is 0 Å². The van der Waals surface area contributed by atoms with Crippen molar-refractivity contribution in [2.75, 3.05) is 6.61 Å². The molecule has 0 bridgehead atoms. The highest BCUT2D eigenvalue weighted by Crippen LogP contribution is 2.50. The van der Waals surface area contributed by atoms with E-state index in [0.717, 1.165) is 12.8 Å². The molecule has 0 heterocycles. The van der Waals surface area contributed by atoms with Crippen LogP contribution in [-0.2, 0) is 9.09 Å². The van der Waals surface area contributed by atoms with Gasteiger partial charge in [0, 0.05) is 0 Å². The van der Waals surface area contributed by atoms with Crippen LogP contribution >= 0.6 is 16.2 Å². The topological polar surface area (TPSA) is 46.5 Å². The number of unbranched alkanes of at least 4 members (excludes halogenated alkanes) is 15. The van der Waals surface area contributed by atoms with E-state index in [1.807, 2.05) is 8.93 Å². The van der Waals surface area contributed by atoms with Gasteiger partial charge in [-0.2, -0.15) is 0 Å². The number of hydrogen-bond acceptors (Lipinski definition) is 2. The summed E-state index contributed by atoms with van der Waals surface area (Å²) in [5, 5.41) is 0. The van der Waals surface area contributed by atoms with Crippen LogP contribution in [0.3, 0.4) is 0 Å². The Labute approximate surface area is 147 Å². The highest BCUT2D eigenvalue weighted by atomic mass is 32.1. The first-order valence-electron chi connectivity index (χ1n) is 9.82. The first-order valence-corrected chi connectivity index (χ1v) is 13.0. The molecule has 0 radical (unpaired) electrons. The van der Waals surface area contributed by atoms with Gasteiger partial charge in [0.25, 0.3) is 0 Å². The first kappa shape index (κ1) is 23.6. The molecule has 0 rings (SSSR count). The zero-order chi connectivity index (χ0) is 17.2. The summed E-state index contributed by atoms with van der Waals surface area (Å²) in [6, 6.07) is 0. The van der Waals surface area contributed by atoms with Crippen molar-refractivity contribution in [3.05, 3.63) is 0 Å². The Balaban J connectivity index is 3.01. The van der Waals surface area contributed by atoms with Crippen LogP contribution in [0.4, 0.5) is 0 Å². The van der Waals surface area contributed by atoms with Crippen molar-refractivity contribution in [1.82, 2.24) is 0 Å². The van der Waals surface area contributed by atoms with Gasteiger partial charge < -0.3 is 9.42 Å². The molecule has 140 valence electrons. The molecule has 3 nitrogen and oxygen atoms in total. The first-order chi connectivity index (χ1) is 11.1. The lowest BCUT2D eigenvalue weighted by Crippen LogP contribution is -1.89. The minimum Gasteiger partial charge on any atom is -0.322 e. The molecule has 0 aliphatic heterocycles. The van der Waals surface area contributed by atoms with Crippen LogP contribution in [0.2, 0.25) is 0 Å². The maximum atomic E-state index is 10.9. The van der Waals surface area contributed by atoms with Crippen molar-refractivity contribution in [1.29, 1.82) is 0 Å². The molecule has 2 unspecified atom stereocenters. The zero-order valence-electron chi connectivity index (χ0n) is 15.3. The zero-order valence-corrected chi connectivity index (χ0v) is 17.4. The summed E-state index contributed by atoms with van der Waals surface area (Å²) >= 11 is 0. The molecule has 23 heavy (non-hydrogen) atoms. The second-order valence-electron chi connectivity index (χ2n) is 6.70. The fourth-order valence-corrected chi connectivity index (χ4v) is 3.55. The average molecular weight is 366 g/mol. The van der Waals surface area contributed by atoms with Crippen molar-refractivity contribution >= 4 is 16.2 Å². The molecule has 0 aromatic rings. The van der Waals surface area contributed by atoms with Gasteiger partial charge in [-0.05, 0) is 15.3 Å². The van der Waals surface area contributed by atoms with Gasteiger partial charge >= 0.3 is 7.28 Å². The van der Waals surface area contributed by atoms with Gasteiger partial charge in [-0.25, -0.2) is 0 Å². The van der Waals surface area contributed by atoms with E-state index in [4.69, 9.17) is 9.42 Å². The molecule has 0 spiro atoms. The fraction of sp³-hybridized carbons (Fsp3) is 1.00. The largest absolute Gasteiger partial charge is 0.340 e. The molecule has 5 heteroatoms. The highest BCUT2D eigenvalue weighted by Gasteiger charge is 2.08. The van der Waals surface area contributed by atoms with Crippen LogP contribution in [0, 0.1) is 0 Å². The highest BCUT2D eigenvalue weighted by molar-refractivity contribution is 8.11. The van der Waals surface area contributed by atoms with Crippen LogP contribution in [-0.4, -0.2) is 11.5 Å². The monoisotopic (exact) mass is 366 g/mol. The summed E-state index contributed by atoms with van der Waals surface area (Å²) in [4.78, 5) is 8.94. The van der Waals surface area contributed by atoms with Gasteiger partial charge in [-0.15, -0.1) is 0 Å². The second-order valence-corrected chi connectivity index (χ2v) is 10.0. The third kappa shape index (κ3) is 22.6. The lowest BCUT2D eigenvalue weighted by atomic mass is 10.0. The Morgan fingerprint density at radius 3 is 1.30 bits per heavy atom. The van der Waals surface area contributed by atoms with E-state index in [1.165, 1.54) is 89.9 Å².